The molecule has 4 N–H and O–H groups in total. The largest absolute Gasteiger partial charge is 0.507 e. The van der Waals surface area contributed by atoms with Crippen LogP contribution in [0.4, 0.5) is 5.82 Å². The molecule has 0 bridgehead atoms. The van der Waals surface area contributed by atoms with Crippen molar-refractivity contribution in [3.8, 4) is 29.4 Å². The molecule has 0 radical (unpaired) electrons. The zero-order valence-electron chi connectivity index (χ0n) is 14.2. The lowest BCUT2D eigenvalue weighted by atomic mass is 10.0. The van der Waals surface area contributed by atoms with Gasteiger partial charge in [0.1, 0.15) is 11.4 Å². The zero-order valence-corrected chi connectivity index (χ0v) is 14.2. The van der Waals surface area contributed by atoms with Crippen LogP contribution >= 0.6 is 0 Å². The van der Waals surface area contributed by atoms with Crippen molar-refractivity contribution in [3.05, 3.63) is 35.4 Å². The number of nitrogens with one attached hydrogen (secondary N) is 1. The summed E-state index contributed by atoms with van der Waals surface area (Å²) in [6.07, 6.45) is 7.44. The van der Waals surface area contributed by atoms with E-state index in [2.05, 4.69) is 21.4 Å². The minimum Gasteiger partial charge on any atom is -0.507 e. The van der Waals surface area contributed by atoms with Crippen LogP contribution in [0.25, 0.3) is 11.3 Å². The number of rotatable bonds is 4. The van der Waals surface area contributed by atoms with Crippen LogP contribution in [0.15, 0.2) is 24.3 Å². The van der Waals surface area contributed by atoms with E-state index in [1.807, 2.05) is 0 Å². The third-order valence-electron chi connectivity index (χ3n) is 4.09. The van der Waals surface area contributed by atoms with Crippen LogP contribution in [0.3, 0.4) is 0 Å². The number of amides is 1. The Balaban J connectivity index is 1.99. The van der Waals surface area contributed by atoms with E-state index in [0.29, 0.717) is 28.6 Å². The van der Waals surface area contributed by atoms with Gasteiger partial charge in [-0.05, 0) is 62.4 Å². The van der Waals surface area contributed by atoms with Gasteiger partial charge in [0.25, 0.3) is 0 Å². The van der Waals surface area contributed by atoms with Crippen molar-refractivity contribution >= 4 is 11.7 Å². The molecule has 1 heterocycles. The molecule has 1 aliphatic rings. The first-order valence-electron chi connectivity index (χ1n) is 8.07. The van der Waals surface area contributed by atoms with Gasteiger partial charge in [-0.3, -0.25) is 4.79 Å². The first-order valence-corrected chi connectivity index (χ1v) is 8.07. The van der Waals surface area contributed by atoms with Gasteiger partial charge in [0, 0.05) is 11.1 Å². The number of aromatic nitrogens is 2. The standard InChI is InChI=1S/C19H20N4O2/c1-4-11-5-8-13(15(24)9-11)17-14(12-6-7-12)10-16(22-23-17)21-18(25)19(2,3)20/h1,5,8-10,12,24H,6-7,20H2,2-3H3,(H,21,22,25). The maximum absolute atomic E-state index is 12.0. The Morgan fingerprint density at radius 3 is 2.64 bits per heavy atom. The number of carbonyl (C=O) groups excluding carboxylic acids is 1. The van der Waals surface area contributed by atoms with Crippen molar-refractivity contribution < 1.29 is 9.90 Å². The molecular formula is C19H20N4O2. The molecule has 0 saturated heterocycles. The summed E-state index contributed by atoms with van der Waals surface area (Å²) in [6, 6.07) is 6.82. The van der Waals surface area contributed by atoms with Gasteiger partial charge >= 0.3 is 0 Å². The number of nitrogens with zero attached hydrogens (tertiary/aromatic N) is 2. The molecule has 3 rings (SSSR count). The number of terminal acetylenes is 1. The molecule has 0 spiro atoms. The highest BCUT2D eigenvalue weighted by Crippen LogP contribution is 2.45. The monoisotopic (exact) mass is 336 g/mol. The predicted octanol–water partition coefficient (Wildman–Crippen LogP) is 2.38. The number of aromatic hydroxyl groups is 1. The number of nitrogens with two attached hydrogens (primary N) is 1. The summed E-state index contributed by atoms with van der Waals surface area (Å²) in [5.41, 5.74) is 7.51. The van der Waals surface area contributed by atoms with E-state index >= 15 is 0 Å². The van der Waals surface area contributed by atoms with E-state index < -0.39 is 5.54 Å². The summed E-state index contributed by atoms with van der Waals surface area (Å²) in [7, 11) is 0. The fourth-order valence-electron chi connectivity index (χ4n) is 2.48. The number of benzene rings is 1. The number of phenols is 1. The molecule has 6 nitrogen and oxygen atoms in total. The van der Waals surface area contributed by atoms with Crippen molar-refractivity contribution in [2.24, 2.45) is 5.73 Å². The molecule has 1 aliphatic carbocycles. The molecule has 1 saturated carbocycles. The second-order valence-corrected chi connectivity index (χ2v) is 6.86. The van der Waals surface area contributed by atoms with Crippen molar-refractivity contribution in [3.63, 3.8) is 0 Å². The lowest BCUT2D eigenvalue weighted by Crippen LogP contribution is -2.45. The van der Waals surface area contributed by atoms with Crippen molar-refractivity contribution in [2.45, 2.75) is 38.1 Å². The Morgan fingerprint density at radius 1 is 1.36 bits per heavy atom. The third-order valence-corrected chi connectivity index (χ3v) is 4.09. The Bertz CT molecular complexity index is 874. The molecule has 6 heteroatoms. The van der Waals surface area contributed by atoms with Gasteiger partial charge in [0.2, 0.25) is 5.91 Å². The van der Waals surface area contributed by atoms with Gasteiger partial charge in [-0.2, -0.15) is 0 Å². The molecule has 0 aliphatic heterocycles. The minimum absolute atomic E-state index is 0.0616. The highest BCUT2D eigenvalue weighted by molar-refractivity contribution is 5.96. The van der Waals surface area contributed by atoms with Crippen LogP contribution < -0.4 is 11.1 Å². The van der Waals surface area contributed by atoms with Crippen LogP contribution in [0, 0.1) is 12.3 Å². The smallest absolute Gasteiger partial charge is 0.245 e. The van der Waals surface area contributed by atoms with Gasteiger partial charge in [0.15, 0.2) is 5.82 Å². The summed E-state index contributed by atoms with van der Waals surface area (Å²) in [5.74, 6) is 2.91. The summed E-state index contributed by atoms with van der Waals surface area (Å²) in [5, 5.41) is 21.3. The average molecular weight is 336 g/mol. The normalized spacial score (nSPS) is 14.0. The highest BCUT2D eigenvalue weighted by atomic mass is 16.3. The molecule has 1 fully saturated rings. The first-order chi connectivity index (χ1) is 11.8. The summed E-state index contributed by atoms with van der Waals surface area (Å²) in [6.45, 7) is 3.24. The first kappa shape index (κ1) is 16.9. The minimum atomic E-state index is -1.01. The predicted molar refractivity (Wildman–Crippen MR) is 95.9 cm³/mol. The van der Waals surface area contributed by atoms with Crippen molar-refractivity contribution in [1.29, 1.82) is 0 Å². The lowest BCUT2D eigenvalue weighted by Gasteiger charge is -2.18. The maximum Gasteiger partial charge on any atom is 0.245 e. The Kier molecular flexibility index (Phi) is 4.19. The molecule has 25 heavy (non-hydrogen) atoms. The maximum atomic E-state index is 12.0. The quantitative estimate of drug-likeness (QED) is 0.744. The Hall–Kier alpha value is -2.91. The SMILES string of the molecule is C#Cc1ccc(-c2nnc(NC(=O)C(C)(C)N)cc2C2CC2)c(O)c1. The van der Waals surface area contributed by atoms with Crippen LogP contribution in [0.1, 0.15) is 43.7 Å². The van der Waals surface area contributed by atoms with E-state index in [1.54, 1.807) is 32.0 Å². The second kappa shape index (κ2) is 6.19. The topological polar surface area (TPSA) is 101 Å². The fraction of sp³-hybridized carbons (Fsp3) is 0.316. The lowest BCUT2D eigenvalue weighted by molar-refractivity contribution is -0.120. The molecule has 128 valence electrons. The second-order valence-electron chi connectivity index (χ2n) is 6.86. The van der Waals surface area contributed by atoms with Crippen LogP contribution in [-0.4, -0.2) is 26.7 Å². The number of phenolic OH excluding ortho intramolecular Hbond substituents is 1. The van der Waals surface area contributed by atoms with Gasteiger partial charge < -0.3 is 16.2 Å². The van der Waals surface area contributed by atoms with E-state index in [1.165, 1.54) is 6.07 Å². The molecule has 1 aromatic carbocycles. The Labute approximate surface area is 146 Å². The van der Waals surface area contributed by atoms with Crippen molar-refractivity contribution in [2.75, 3.05) is 5.32 Å². The summed E-state index contributed by atoms with van der Waals surface area (Å²) >= 11 is 0. The molecule has 1 aromatic heterocycles. The number of carbonyl (C=O) groups is 1. The van der Waals surface area contributed by atoms with Gasteiger partial charge in [0.05, 0.1) is 5.54 Å². The van der Waals surface area contributed by atoms with Crippen molar-refractivity contribution in [1.82, 2.24) is 10.2 Å². The van der Waals surface area contributed by atoms with E-state index in [-0.39, 0.29) is 11.7 Å². The third kappa shape index (κ3) is 3.62. The van der Waals surface area contributed by atoms with E-state index in [4.69, 9.17) is 12.2 Å². The van der Waals surface area contributed by atoms with Crippen LogP contribution in [0.2, 0.25) is 0 Å². The van der Waals surface area contributed by atoms with Gasteiger partial charge in [-0.1, -0.05) is 5.92 Å². The van der Waals surface area contributed by atoms with Gasteiger partial charge in [-0.15, -0.1) is 16.6 Å². The summed E-state index contributed by atoms with van der Waals surface area (Å²) in [4.78, 5) is 12.0. The number of hydrogen-bond acceptors (Lipinski definition) is 5. The average Bonchev–Trinajstić information content (AvgIpc) is 3.39. The van der Waals surface area contributed by atoms with Gasteiger partial charge in [-0.25, -0.2) is 0 Å². The van der Waals surface area contributed by atoms with E-state index in [0.717, 1.165) is 18.4 Å². The number of hydrogen-bond donors (Lipinski definition) is 3. The molecular weight excluding hydrogens is 316 g/mol. The highest BCUT2D eigenvalue weighted by Gasteiger charge is 2.30. The molecule has 2 aromatic rings. The summed E-state index contributed by atoms with van der Waals surface area (Å²) < 4.78 is 0. The zero-order chi connectivity index (χ0) is 18.2. The van der Waals surface area contributed by atoms with Crippen LogP contribution in [0.5, 0.6) is 5.75 Å². The number of anilines is 1. The van der Waals surface area contributed by atoms with E-state index in [9.17, 15) is 9.90 Å². The molecule has 1 amide bonds. The molecule has 0 unspecified atom stereocenters. The Morgan fingerprint density at radius 2 is 2.08 bits per heavy atom. The van der Waals surface area contributed by atoms with Crippen LogP contribution in [-0.2, 0) is 4.79 Å². The molecule has 0 atom stereocenters. The fourth-order valence-corrected chi connectivity index (χ4v) is 2.48.